The van der Waals surface area contributed by atoms with Gasteiger partial charge in [-0.1, -0.05) is 29.8 Å². The molecule has 0 aliphatic rings. The predicted octanol–water partition coefficient (Wildman–Crippen LogP) is 4.30. The maximum Gasteiger partial charge on any atom is 0.0316 e. The molecule has 2 aromatic carbocycles. The van der Waals surface area contributed by atoms with Gasteiger partial charge in [0.05, 0.1) is 0 Å². The highest BCUT2D eigenvalue weighted by molar-refractivity contribution is 7.99. The molecule has 0 aliphatic heterocycles. The molecule has 2 heteroatoms. The van der Waals surface area contributed by atoms with Gasteiger partial charge in [0.2, 0.25) is 0 Å². The van der Waals surface area contributed by atoms with Crippen molar-refractivity contribution in [3.05, 3.63) is 59.7 Å². The molecule has 0 aromatic heterocycles. The molecule has 0 saturated heterocycles. The van der Waals surface area contributed by atoms with Gasteiger partial charge in [0.15, 0.2) is 0 Å². The summed E-state index contributed by atoms with van der Waals surface area (Å²) in [7, 11) is 0. The van der Waals surface area contributed by atoms with E-state index in [0.717, 1.165) is 17.9 Å². The van der Waals surface area contributed by atoms with Crippen LogP contribution in [-0.2, 0) is 6.42 Å². The molecule has 0 heterocycles. The number of nitrogen functional groups attached to an aromatic ring is 1. The van der Waals surface area contributed by atoms with Crippen LogP contribution in [0.25, 0.3) is 0 Å². The number of thioether (sulfide) groups is 1. The van der Waals surface area contributed by atoms with E-state index in [1.54, 1.807) is 0 Å². The molecule has 0 spiro atoms. The third kappa shape index (κ3) is 4.11. The minimum Gasteiger partial charge on any atom is -0.399 e. The first-order valence-corrected chi connectivity index (χ1v) is 7.26. The Morgan fingerprint density at radius 3 is 2.67 bits per heavy atom. The van der Waals surface area contributed by atoms with Crippen molar-refractivity contribution in [3.8, 4) is 0 Å². The first kappa shape index (κ1) is 13.0. The molecule has 18 heavy (non-hydrogen) atoms. The third-order valence-electron chi connectivity index (χ3n) is 2.82. The highest BCUT2D eigenvalue weighted by atomic mass is 32.2. The molecule has 1 nitrogen and oxygen atoms in total. The summed E-state index contributed by atoms with van der Waals surface area (Å²) < 4.78 is 0. The molecule has 0 radical (unpaired) electrons. The van der Waals surface area contributed by atoms with Crippen molar-refractivity contribution in [2.24, 2.45) is 0 Å². The van der Waals surface area contributed by atoms with E-state index in [-0.39, 0.29) is 0 Å². The number of rotatable bonds is 5. The minimum absolute atomic E-state index is 0.860. The minimum atomic E-state index is 0.860. The lowest BCUT2D eigenvalue weighted by atomic mass is 10.1. The van der Waals surface area contributed by atoms with Crippen LogP contribution in [0.15, 0.2) is 53.4 Å². The monoisotopic (exact) mass is 257 g/mol. The Kier molecular flexibility index (Phi) is 4.71. The number of hydrogen-bond donors (Lipinski definition) is 1. The zero-order valence-electron chi connectivity index (χ0n) is 10.7. The predicted molar refractivity (Wildman–Crippen MR) is 81.1 cm³/mol. The smallest absolute Gasteiger partial charge is 0.0316 e. The van der Waals surface area contributed by atoms with E-state index in [4.69, 9.17) is 5.73 Å². The van der Waals surface area contributed by atoms with Crippen LogP contribution in [0.5, 0.6) is 0 Å². The SMILES string of the molecule is Cc1cccc(SCCCc2cccc(N)c2)c1. The third-order valence-corrected chi connectivity index (χ3v) is 3.90. The second kappa shape index (κ2) is 6.50. The molecule has 2 rings (SSSR count). The highest BCUT2D eigenvalue weighted by Crippen LogP contribution is 2.20. The topological polar surface area (TPSA) is 26.0 Å². The summed E-state index contributed by atoms with van der Waals surface area (Å²) in [4.78, 5) is 1.36. The van der Waals surface area contributed by atoms with Gasteiger partial charge in [0.1, 0.15) is 0 Å². The van der Waals surface area contributed by atoms with Gasteiger partial charge in [0, 0.05) is 10.6 Å². The first-order chi connectivity index (χ1) is 8.74. The van der Waals surface area contributed by atoms with Crippen LogP contribution in [0.4, 0.5) is 5.69 Å². The molecule has 0 aliphatic carbocycles. The molecule has 0 unspecified atom stereocenters. The summed E-state index contributed by atoms with van der Waals surface area (Å²) in [5, 5.41) is 0. The maximum atomic E-state index is 5.77. The molecule has 2 aromatic rings. The fraction of sp³-hybridized carbons (Fsp3) is 0.250. The van der Waals surface area contributed by atoms with Crippen LogP contribution in [0.1, 0.15) is 17.5 Å². The average molecular weight is 257 g/mol. The summed E-state index contributed by atoms with van der Waals surface area (Å²) in [6, 6.07) is 16.9. The zero-order chi connectivity index (χ0) is 12.8. The quantitative estimate of drug-likeness (QED) is 0.491. The molecule has 0 atom stereocenters. The molecule has 94 valence electrons. The molecule has 0 fully saturated rings. The lowest BCUT2D eigenvalue weighted by Crippen LogP contribution is -1.90. The second-order valence-corrected chi connectivity index (χ2v) is 5.68. The maximum absolute atomic E-state index is 5.77. The molecular weight excluding hydrogens is 238 g/mol. The Hall–Kier alpha value is -1.41. The average Bonchev–Trinajstić information content (AvgIpc) is 2.35. The van der Waals surface area contributed by atoms with Crippen molar-refractivity contribution in [3.63, 3.8) is 0 Å². The van der Waals surface area contributed by atoms with Gasteiger partial charge in [-0.15, -0.1) is 11.8 Å². The fourth-order valence-electron chi connectivity index (χ4n) is 1.92. The molecule has 0 amide bonds. The highest BCUT2D eigenvalue weighted by Gasteiger charge is 1.97. The molecule has 0 bridgehead atoms. The van der Waals surface area contributed by atoms with E-state index in [1.807, 2.05) is 23.9 Å². The zero-order valence-corrected chi connectivity index (χ0v) is 11.5. The fourth-order valence-corrected chi connectivity index (χ4v) is 2.89. The number of benzene rings is 2. The Morgan fingerprint density at radius 1 is 1.06 bits per heavy atom. The lowest BCUT2D eigenvalue weighted by Gasteiger charge is -2.04. The van der Waals surface area contributed by atoms with E-state index < -0.39 is 0 Å². The van der Waals surface area contributed by atoms with Crippen LogP contribution in [0.3, 0.4) is 0 Å². The summed E-state index contributed by atoms with van der Waals surface area (Å²) in [6.45, 7) is 2.14. The van der Waals surface area contributed by atoms with Crippen LogP contribution >= 0.6 is 11.8 Å². The standard InChI is InChI=1S/C16H19NS/c1-13-5-2-9-16(11-13)18-10-4-7-14-6-3-8-15(17)12-14/h2-3,5-6,8-9,11-12H,4,7,10,17H2,1H3. The molecular formula is C16H19NS. The van der Waals surface area contributed by atoms with Crippen molar-refractivity contribution >= 4 is 17.4 Å². The van der Waals surface area contributed by atoms with E-state index >= 15 is 0 Å². The summed E-state index contributed by atoms with van der Waals surface area (Å²) >= 11 is 1.93. The van der Waals surface area contributed by atoms with E-state index in [0.29, 0.717) is 0 Å². The summed E-state index contributed by atoms with van der Waals surface area (Å²) in [5.41, 5.74) is 9.29. The van der Waals surface area contributed by atoms with Gasteiger partial charge < -0.3 is 5.73 Å². The van der Waals surface area contributed by atoms with E-state index in [9.17, 15) is 0 Å². The first-order valence-electron chi connectivity index (χ1n) is 6.28. The Bertz CT molecular complexity index is 460. The van der Waals surface area contributed by atoms with Crippen molar-refractivity contribution in [2.45, 2.75) is 24.7 Å². The van der Waals surface area contributed by atoms with Crippen molar-refractivity contribution in [1.82, 2.24) is 0 Å². The number of anilines is 1. The van der Waals surface area contributed by atoms with Crippen LogP contribution in [0, 0.1) is 6.92 Å². The molecule has 0 saturated carbocycles. The largest absolute Gasteiger partial charge is 0.399 e. The van der Waals surface area contributed by atoms with Crippen LogP contribution in [0.2, 0.25) is 0 Å². The lowest BCUT2D eigenvalue weighted by molar-refractivity contribution is 0.933. The van der Waals surface area contributed by atoms with Crippen molar-refractivity contribution in [1.29, 1.82) is 0 Å². The van der Waals surface area contributed by atoms with Gasteiger partial charge in [-0.25, -0.2) is 0 Å². The Balaban J connectivity index is 1.76. The number of nitrogens with two attached hydrogens (primary N) is 1. The van der Waals surface area contributed by atoms with Gasteiger partial charge in [-0.05, 0) is 55.3 Å². The Morgan fingerprint density at radius 2 is 1.89 bits per heavy atom. The van der Waals surface area contributed by atoms with Crippen LogP contribution < -0.4 is 5.73 Å². The van der Waals surface area contributed by atoms with Crippen LogP contribution in [-0.4, -0.2) is 5.75 Å². The van der Waals surface area contributed by atoms with Crippen molar-refractivity contribution < 1.29 is 0 Å². The van der Waals surface area contributed by atoms with Gasteiger partial charge in [-0.3, -0.25) is 0 Å². The normalized spacial score (nSPS) is 10.5. The summed E-state index contributed by atoms with van der Waals surface area (Å²) in [5.74, 6) is 1.15. The van der Waals surface area contributed by atoms with E-state index in [2.05, 4.69) is 43.3 Å². The second-order valence-electron chi connectivity index (χ2n) is 4.51. The van der Waals surface area contributed by atoms with Gasteiger partial charge >= 0.3 is 0 Å². The molecule has 2 N–H and O–H groups in total. The van der Waals surface area contributed by atoms with E-state index in [1.165, 1.54) is 22.4 Å². The van der Waals surface area contributed by atoms with Gasteiger partial charge in [0.25, 0.3) is 0 Å². The Labute approximate surface area is 113 Å². The van der Waals surface area contributed by atoms with Crippen molar-refractivity contribution in [2.75, 3.05) is 11.5 Å². The number of aryl methyl sites for hydroxylation is 2. The van der Waals surface area contributed by atoms with Gasteiger partial charge in [-0.2, -0.15) is 0 Å². The number of hydrogen-bond acceptors (Lipinski definition) is 2. The summed E-state index contributed by atoms with van der Waals surface area (Å²) in [6.07, 6.45) is 2.28.